The highest BCUT2D eigenvalue weighted by Crippen LogP contribution is 1.98. The fraction of sp³-hybridized carbons (Fsp3) is 0.700. The van der Waals surface area contributed by atoms with Crippen LogP contribution >= 0.6 is 0 Å². The molecule has 0 radical (unpaired) electrons. The van der Waals surface area contributed by atoms with E-state index in [0.717, 1.165) is 19.4 Å². The topological polar surface area (TPSA) is 95.1 Å². The predicted molar refractivity (Wildman–Crippen MR) is 62.1 cm³/mol. The van der Waals surface area contributed by atoms with Gasteiger partial charge in [-0.15, -0.1) is 5.10 Å². The van der Waals surface area contributed by atoms with E-state index in [2.05, 4.69) is 15.6 Å². The van der Waals surface area contributed by atoms with Crippen molar-refractivity contribution >= 4 is 5.91 Å². The van der Waals surface area contributed by atoms with E-state index in [1.165, 1.54) is 0 Å². The van der Waals surface area contributed by atoms with E-state index < -0.39 is 0 Å². The van der Waals surface area contributed by atoms with Crippen LogP contribution in [0.3, 0.4) is 0 Å². The monoisotopic (exact) mass is 241 g/mol. The van der Waals surface area contributed by atoms with Gasteiger partial charge in [0.2, 0.25) is 5.91 Å². The average Bonchev–Trinajstić information content (AvgIpc) is 2.82. The number of hydrogen-bond acceptors (Lipinski definition) is 5. The standard InChI is InChI=1S/C10H19N5O2/c1-12-10(16)8-17-7-9(11)3-2-5-15-6-4-13-14-15/h4,6,9H,2-3,5,7-8,11H2,1H3,(H,12,16). The summed E-state index contributed by atoms with van der Waals surface area (Å²) in [6.45, 7) is 1.25. The van der Waals surface area contributed by atoms with Gasteiger partial charge in [-0.1, -0.05) is 5.21 Å². The molecule has 1 aromatic rings. The molecule has 7 nitrogen and oxygen atoms in total. The molecular formula is C10H19N5O2. The molecule has 1 unspecified atom stereocenters. The molecule has 1 rings (SSSR count). The molecule has 0 bridgehead atoms. The van der Waals surface area contributed by atoms with E-state index in [1.807, 2.05) is 6.20 Å². The number of nitrogens with zero attached hydrogens (tertiary/aromatic N) is 3. The third-order valence-electron chi connectivity index (χ3n) is 2.28. The molecule has 0 saturated carbocycles. The van der Waals surface area contributed by atoms with Crippen LogP contribution in [-0.2, 0) is 16.1 Å². The third-order valence-corrected chi connectivity index (χ3v) is 2.28. The summed E-state index contributed by atoms with van der Waals surface area (Å²) in [5.74, 6) is -0.139. The summed E-state index contributed by atoms with van der Waals surface area (Å²) in [5.41, 5.74) is 5.84. The number of carbonyl (C=O) groups excluding carboxylic acids is 1. The zero-order valence-electron chi connectivity index (χ0n) is 10.0. The fourth-order valence-electron chi connectivity index (χ4n) is 1.33. The second kappa shape index (κ2) is 7.75. The Morgan fingerprint density at radius 2 is 2.47 bits per heavy atom. The molecule has 0 aromatic carbocycles. The molecule has 0 aliphatic heterocycles. The van der Waals surface area contributed by atoms with Crippen LogP contribution in [-0.4, -0.2) is 47.2 Å². The molecule has 0 aliphatic carbocycles. The SMILES string of the molecule is CNC(=O)COCC(N)CCCn1ccnn1. The molecule has 17 heavy (non-hydrogen) atoms. The van der Waals surface area contributed by atoms with Gasteiger partial charge in [-0.05, 0) is 12.8 Å². The lowest BCUT2D eigenvalue weighted by Crippen LogP contribution is -2.30. The van der Waals surface area contributed by atoms with E-state index in [0.29, 0.717) is 6.61 Å². The number of carbonyl (C=O) groups is 1. The van der Waals surface area contributed by atoms with Gasteiger partial charge in [-0.25, -0.2) is 0 Å². The van der Waals surface area contributed by atoms with Crippen molar-refractivity contribution in [1.29, 1.82) is 0 Å². The van der Waals surface area contributed by atoms with Gasteiger partial charge in [0.15, 0.2) is 0 Å². The number of amides is 1. The molecule has 0 aliphatic rings. The van der Waals surface area contributed by atoms with Gasteiger partial charge < -0.3 is 15.8 Å². The number of hydrogen-bond donors (Lipinski definition) is 2. The average molecular weight is 241 g/mol. The van der Waals surface area contributed by atoms with Crippen LogP contribution in [0.2, 0.25) is 0 Å². The first-order valence-electron chi connectivity index (χ1n) is 5.60. The van der Waals surface area contributed by atoms with Gasteiger partial charge in [0, 0.05) is 25.8 Å². The van der Waals surface area contributed by atoms with Crippen molar-refractivity contribution in [3.63, 3.8) is 0 Å². The van der Waals surface area contributed by atoms with Crippen LogP contribution < -0.4 is 11.1 Å². The van der Waals surface area contributed by atoms with E-state index in [4.69, 9.17) is 10.5 Å². The Balaban J connectivity index is 2.01. The Morgan fingerprint density at radius 3 is 3.12 bits per heavy atom. The van der Waals surface area contributed by atoms with Crippen LogP contribution in [0.4, 0.5) is 0 Å². The summed E-state index contributed by atoms with van der Waals surface area (Å²) in [4.78, 5) is 10.9. The Bertz CT molecular complexity index is 315. The van der Waals surface area contributed by atoms with E-state index in [-0.39, 0.29) is 18.6 Å². The minimum absolute atomic E-state index is 0.0526. The Kier molecular flexibility index (Phi) is 6.19. The van der Waals surface area contributed by atoms with Crippen LogP contribution in [0.25, 0.3) is 0 Å². The van der Waals surface area contributed by atoms with Crippen molar-refractivity contribution in [1.82, 2.24) is 20.3 Å². The van der Waals surface area contributed by atoms with E-state index in [1.54, 1.807) is 17.9 Å². The molecule has 1 atom stereocenters. The molecule has 3 N–H and O–H groups in total. The lowest BCUT2D eigenvalue weighted by atomic mass is 10.2. The molecule has 1 heterocycles. The first-order chi connectivity index (χ1) is 8.22. The van der Waals surface area contributed by atoms with E-state index in [9.17, 15) is 4.79 Å². The number of aryl methyl sites for hydroxylation is 1. The Labute approximate surface area is 100 Å². The van der Waals surface area contributed by atoms with Gasteiger partial charge >= 0.3 is 0 Å². The summed E-state index contributed by atoms with van der Waals surface area (Å²) in [6, 6.07) is -0.0526. The van der Waals surface area contributed by atoms with E-state index >= 15 is 0 Å². The molecule has 96 valence electrons. The maximum absolute atomic E-state index is 10.9. The van der Waals surface area contributed by atoms with Gasteiger partial charge in [-0.3, -0.25) is 9.48 Å². The number of nitrogens with one attached hydrogen (secondary N) is 1. The Morgan fingerprint density at radius 1 is 1.65 bits per heavy atom. The fourth-order valence-corrected chi connectivity index (χ4v) is 1.33. The molecule has 0 fully saturated rings. The smallest absolute Gasteiger partial charge is 0.245 e. The summed E-state index contributed by atoms with van der Waals surface area (Å²) in [5, 5.41) is 10.0. The van der Waals surface area contributed by atoms with Gasteiger partial charge in [-0.2, -0.15) is 0 Å². The van der Waals surface area contributed by atoms with Crippen molar-refractivity contribution in [2.75, 3.05) is 20.3 Å². The van der Waals surface area contributed by atoms with Crippen molar-refractivity contribution in [2.24, 2.45) is 5.73 Å². The highest BCUT2D eigenvalue weighted by Gasteiger charge is 2.04. The maximum atomic E-state index is 10.9. The number of likely N-dealkylation sites (N-methyl/N-ethyl adjacent to an activating group) is 1. The van der Waals surface area contributed by atoms with Crippen molar-refractivity contribution in [2.45, 2.75) is 25.4 Å². The van der Waals surface area contributed by atoms with Gasteiger partial charge in [0.1, 0.15) is 6.61 Å². The first kappa shape index (κ1) is 13.6. The zero-order valence-corrected chi connectivity index (χ0v) is 10.0. The van der Waals surface area contributed by atoms with Crippen molar-refractivity contribution in [3.8, 4) is 0 Å². The minimum atomic E-state index is -0.139. The Hall–Kier alpha value is -1.47. The summed E-state index contributed by atoms with van der Waals surface area (Å²) in [7, 11) is 1.57. The summed E-state index contributed by atoms with van der Waals surface area (Å²) >= 11 is 0. The maximum Gasteiger partial charge on any atom is 0.245 e. The molecule has 0 saturated heterocycles. The molecular weight excluding hydrogens is 222 g/mol. The second-order valence-corrected chi connectivity index (χ2v) is 3.76. The zero-order chi connectivity index (χ0) is 12.5. The van der Waals surface area contributed by atoms with Crippen LogP contribution in [0.1, 0.15) is 12.8 Å². The van der Waals surface area contributed by atoms with Gasteiger partial charge in [0.05, 0.1) is 12.8 Å². The van der Waals surface area contributed by atoms with Crippen molar-refractivity contribution in [3.05, 3.63) is 12.4 Å². The summed E-state index contributed by atoms with van der Waals surface area (Å²) in [6.07, 6.45) is 5.20. The lowest BCUT2D eigenvalue weighted by molar-refractivity contribution is -0.125. The van der Waals surface area contributed by atoms with Crippen molar-refractivity contribution < 1.29 is 9.53 Å². The molecule has 7 heteroatoms. The molecule has 0 spiro atoms. The number of rotatable bonds is 8. The highest BCUT2D eigenvalue weighted by molar-refractivity contribution is 5.76. The minimum Gasteiger partial charge on any atom is -0.370 e. The third kappa shape index (κ3) is 5.98. The normalized spacial score (nSPS) is 12.4. The van der Waals surface area contributed by atoms with Crippen LogP contribution in [0, 0.1) is 0 Å². The second-order valence-electron chi connectivity index (χ2n) is 3.76. The van der Waals surface area contributed by atoms with Crippen LogP contribution in [0.5, 0.6) is 0 Å². The number of aromatic nitrogens is 3. The molecule has 1 amide bonds. The lowest BCUT2D eigenvalue weighted by Gasteiger charge is -2.11. The quantitative estimate of drug-likeness (QED) is 0.618. The molecule has 1 aromatic heterocycles. The van der Waals surface area contributed by atoms with Gasteiger partial charge in [0.25, 0.3) is 0 Å². The highest BCUT2D eigenvalue weighted by atomic mass is 16.5. The van der Waals surface area contributed by atoms with Crippen LogP contribution in [0.15, 0.2) is 12.4 Å². The largest absolute Gasteiger partial charge is 0.370 e. The summed E-state index contributed by atoms with van der Waals surface area (Å²) < 4.78 is 6.93. The first-order valence-corrected chi connectivity index (χ1v) is 5.60. The number of ether oxygens (including phenoxy) is 1. The number of nitrogens with two attached hydrogens (primary N) is 1. The predicted octanol–water partition coefficient (Wildman–Crippen LogP) is -0.852.